The molecule has 0 aliphatic rings. The Hall–Kier alpha value is -2.62. The van der Waals surface area contributed by atoms with Crippen molar-refractivity contribution in [1.82, 2.24) is 0 Å². The lowest BCUT2D eigenvalue weighted by molar-refractivity contribution is -0.154. The number of carbonyl (C=O) groups excluding carboxylic acids is 1. The zero-order valence-corrected chi connectivity index (χ0v) is 39.2. The van der Waals surface area contributed by atoms with Crippen molar-refractivity contribution >= 4 is 13.8 Å². The minimum Gasteiger partial charge on any atom is -0.457 e. The molecule has 9 nitrogen and oxygen atoms in total. The summed E-state index contributed by atoms with van der Waals surface area (Å²) in [5.74, 6) is -0.410. The smallest absolute Gasteiger partial charge is 0.457 e. The molecule has 3 atom stereocenters. The van der Waals surface area contributed by atoms with Crippen LogP contribution in [0.15, 0.2) is 97.2 Å². The zero-order valence-electron chi connectivity index (χ0n) is 38.3. The fourth-order valence-electron chi connectivity index (χ4n) is 5.92. The maximum Gasteiger partial charge on any atom is 0.472 e. The van der Waals surface area contributed by atoms with E-state index in [2.05, 4.69) is 111 Å². The summed E-state index contributed by atoms with van der Waals surface area (Å²) in [6.45, 7) is 3.26. The lowest BCUT2D eigenvalue weighted by atomic mass is 10.1. The highest BCUT2D eigenvalue weighted by atomic mass is 31.2. The van der Waals surface area contributed by atoms with Crippen LogP contribution in [0.25, 0.3) is 0 Å². The van der Waals surface area contributed by atoms with Gasteiger partial charge in [0.25, 0.3) is 0 Å². The van der Waals surface area contributed by atoms with Gasteiger partial charge in [0, 0.05) is 13.0 Å². The van der Waals surface area contributed by atoms with Crippen LogP contribution in [0.3, 0.4) is 0 Å². The molecule has 0 saturated heterocycles. The van der Waals surface area contributed by atoms with Gasteiger partial charge in [-0.05, 0) is 96.3 Å². The van der Waals surface area contributed by atoms with Crippen LogP contribution >= 0.6 is 7.82 Å². The van der Waals surface area contributed by atoms with E-state index < -0.39 is 45.8 Å². The van der Waals surface area contributed by atoms with E-state index in [4.69, 9.17) is 23.6 Å². The number of rotatable bonds is 44. The van der Waals surface area contributed by atoms with E-state index in [0.717, 1.165) is 96.3 Å². The van der Waals surface area contributed by atoms with E-state index in [-0.39, 0.29) is 13.0 Å². The molecule has 0 aromatic heterocycles. The molecule has 0 amide bonds. The minimum atomic E-state index is -4.54. The average molecular weight is 875 g/mol. The van der Waals surface area contributed by atoms with Gasteiger partial charge in [0.2, 0.25) is 0 Å². The van der Waals surface area contributed by atoms with Crippen LogP contribution in [0.4, 0.5) is 0 Å². The molecule has 0 heterocycles. The Morgan fingerprint density at radius 2 is 0.934 bits per heavy atom. The van der Waals surface area contributed by atoms with Gasteiger partial charge in [-0.1, -0.05) is 169 Å². The molecule has 0 aromatic rings. The van der Waals surface area contributed by atoms with Gasteiger partial charge in [-0.3, -0.25) is 13.8 Å². The summed E-state index contributed by atoms with van der Waals surface area (Å²) < 4.78 is 33.4. The summed E-state index contributed by atoms with van der Waals surface area (Å²) in [4.78, 5) is 22.6. The number of esters is 1. The molecule has 10 heteroatoms. The van der Waals surface area contributed by atoms with E-state index in [1.165, 1.54) is 51.4 Å². The Balaban J connectivity index is 4.26. The number of aliphatic hydroxyl groups excluding tert-OH is 2. The Bertz CT molecular complexity index is 1270. The molecule has 3 unspecified atom stereocenters. The number of carbonyl (C=O) groups is 1. The summed E-state index contributed by atoms with van der Waals surface area (Å²) in [6, 6.07) is 0. The number of unbranched alkanes of at least 4 members (excludes halogenated alkanes) is 14. The molecular weight excluding hydrogens is 788 g/mol. The van der Waals surface area contributed by atoms with Crippen molar-refractivity contribution in [2.45, 2.75) is 187 Å². The lowest BCUT2D eigenvalue weighted by Crippen LogP contribution is -2.29. The molecular formula is C51H87O9P. The number of aliphatic hydroxyl groups is 2. The predicted octanol–water partition coefficient (Wildman–Crippen LogP) is 13.6. The van der Waals surface area contributed by atoms with E-state index in [1.807, 2.05) is 0 Å². The third-order valence-electron chi connectivity index (χ3n) is 9.50. The Morgan fingerprint density at radius 3 is 1.43 bits per heavy atom. The van der Waals surface area contributed by atoms with Crippen molar-refractivity contribution in [2.24, 2.45) is 0 Å². The lowest BCUT2D eigenvalue weighted by Gasteiger charge is -2.20. The maximum absolute atomic E-state index is 12.6. The largest absolute Gasteiger partial charge is 0.472 e. The Kier molecular flexibility index (Phi) is 44.9. The molecule has 0 radical (unpaired) electrons. The van der Waals surface area contributed by atoms with Gasteiger partial charge in [-0.15, -0.1) is 0 Å². The molecule has 61 heavy (non-hydrogen) atoms. The SMILES string of the molecule is CC/C=C\C/C=C\C/C=C\C/C=C\C/C=C\C/C=C\C/C=C\CCCCOCC(COP(=O)(O)OCC(O)CO)OC(=O)CCCCCCC/C=C\CCCCCCCCC. The van der Waals surface area contributed by atoms with Crippen LogP contribution in [0.5, 0.6) is 0 Å². The molecule has 0 rings (SSSR count). The molecule has 0 bridgehead atoms. The zero-order chi connectivity index (χ0) is 44.6. The fourth-order valence-corrected chi connectivity index (χ4v) is 6.71. The molecule has 3 N–H and O–H groups in total. The predicted molar refractivity (Wildman–Crippen MR) is 255 cm³/mol. The van der Waals surface area contributed by atoms with Crippen LogP contribution in [-0.2, 0) is 27.9 Å². The van der Waals surface area contributed by atoms with Crippen LogP contribution in [0.2, 0.25) is 0 Å². The number of phosphoric ester groups is 1. The molecule has 0 fully saturated rings. The summed E-state index contributed by atoms with van der Waals surface area (Å²) >= 11 is 0. The van der Waals surface area contributed by atoms with Crippen LogP contribution in [0.1, 0.15) is 174 Å². The average Bonchev–Trinajstić information content (AvgIpc) is 3.25. The van der Waals surface area contributed by atoms with Gasteiger partial charge in [0.1, 0.15) is 12.2 Å². The van der Waals surface area contributed by atoms with Crippen molar-refractivity contribution in [3.05, 3.63) is 97.2 Å². The summed E-state index contributed by atoms with van der Waals surface area (Å²) in [7, 11) is -4.54. The van der Waals surface area contributed by atoms with Gasteiger partial charge in [0.05, 0.1) is 26.4 Å². The monoisotopic (exact) mass is 875 g/mol. The summed E-state index contributed by atoms with van der Waals surface area (Å²) in [6.07, 6.45) is 59.5. The first-order valence-electron chi connectivity index (χ1n) is 23.7. The first-order valence-corrected chi connectivity index (χ1v) is 25.2. The first kappa shape index (κ1) is 58.4. The van der Waals surface area contributed by atoms with Crippen LogP contribution in [-0.4, -0.2) is 66.3 Å². The molecule has 0 saturated carbocycles. The molecule has 0 spiro atoms. The molecule has 0 aliphatic heterocycles. The van der Waals surface area contributed by atoms with Gasteiger partial charge in [0.15, 0.2) is 0 Å². The minimum absolute atomic E-state index is 0.00992. The Labute approximate surface area is 372 Å². The van der Waals surface area contributed by atoms with Crippen molar-refractivity contribution in [3.8, 4) is 0 Å². The van der Waals surface area contributed by atoms with Gasteiger partial charge < -0.3 is 24.6 Å². The normalized spacial score (nSPS) is 14.8. The number of allylic oxidation sites excluding steroid dienone is 16. The van der Waals surface area contributed by atoms with Crippen molar-refractivity contribution in [2.75, 3.05) is 33.0 Å². The van der Waals surface area contributed by atoms with Gasteiger partial charge in [-0.2, -0.15) is 0 Å². The third-order valence-corrected chi connectivity index (χ3v) is 10.5. The molecule has 0 aromatic carbocycles. The van der Waals surface area contributed by atoms with Crippen molar-refractivity contribution < 1.29 is 43.0 Å². The number of hydrogen-bond donors (Lipinski definition) is 3. The third kappa shape index (κ3) is 46.7. The standard InChI is InChI=1S/C51H87O9P/c1-3-5-7-9-11-13-15-17-19-21-22-23-24-25-26-27-28-30-32-34-36-38-40-42-44-57-47-50(48-59-61(55,56)58-46-49(53)45-52)60-51(54)43-41-39-37-35-33-31-29-20-18-16-14-12-10-8-6-4-2/h5,7,11,13,17,19-20,22-23,25-26,28-30,34,36,49-50,52-53H,3-4,6,8-10,12,14-16,18,21,24,27,31-33,35,37-48H2,1-2H3,(H,55,56)/b7-5-,13-11-,19-17-,23-22-,26-25-,29-20-,30-28-,36-34-. The highest BCUT2D eigenvalue weighted by Crippen LogP contribution is 2.43. The van der Waals surface area contributed by atoms with E-state index >= 15 is 0 Å². The van der Waals surface area contributed by atoms with Gasteiger partial charge in [-0.25, -0.2) is 4.57 Å². The number of ether oxygens (including phenoxy) is 2. The quantitative estimate of drug-likeness (QED) is 0.0237. The second kappa shape index (κ2) is 46.9. The van der Waals surface area contributed by atoms with Crippen molar-refractivity contribution in [1.29, 1.82) is 0 Å². The topological polar surface area (TPSA) is 132 Å². The van der Waals surface area contributed by atoms with E-state index in [1.54, 1.807) is 0 Å². The first-order chi connectivity index (χ1) is 29.8. The van der Waals surface area contributed by atoms with E-state index in [9.17, 15) is 19.4 Å². The van der Waals surface area contributed by atoms with Gasteiger partial charge >= 0.3 is 13.8 Å². The second-order valence-electron chi connectivity index (χ2n) is 15.4. The maximum atomic E-state index is 12.6. The highest BCUT2D eigenvalue weighted by Gasteiger charge is 2.26. The number of phosphoric acid groups is 1. The second-order valence-corrected chi connectivity index (χ2v) is 16.8. The summed E-state index contributed by atoms with van der Waals surface area (Å²) in [5.41, 5.74) is 0. The van der Waals surface area contributed by atoms with E-state index in [0.29, 0.717) is 13.0 Å². The van der Waals surface area contributed by atoms with Crippen molar-refractivity contribution in [3.63, 3.8) is 0 Å². The molecule has 0 aliphatic carbocycles. The number of hydrogen-bond acceptors (Lipinski definition) is 8. The molecule has 350 valence electrons. The van der Waals surface area contributed by atoms with Crippen LogP contribution in [0, 0.1) is 0 Å². The Morgan fingerprint density at radius 1 is 0.525 bits per heavy atom. The summed E-state index contributed by atoms with van der Waals surface area (Å²) in [5, 5.41) is 18.4. The fraction of sp³-hybridized carbons (Fsp3) is 0.667. The highest BCUT2D eigenvalue weighted by molar-refractivity contribution is 7.47. The van der Waals surface area contributed by atoms with Crippen LogP contribution < -0.4 is 0 Å².